The minimum atomic E-state index is -1.14. The van der Waals surface area contributed by atoms with Gasteiger partial charge in [-0.05, 0) is 31.2 Å². The van der Waals surface area contributed by atoms with E-state index in [1.54, 1.807) is 24.3 Å². The van der Waals surface area contributed by atoms with Crippen molar-refractivity contribution in [2.24, 2.45) is 0 Å². The zero-order chi connectivity index (χ0) is 15.4. The summed E-state index contributed by atoms with van der Waals surface area (Å²) in [4.78, 5) is 37.1. The minimum absolute atomic E-state index is 0.0102. The van der Waals surface area contributed by atoms with E-state index in [9.17, 15) is 14.4 Å². The Balaban J connectivity index is 2.50. The maximum absolute atomic E-state index is 12.2. The maximum Gasteiger partial charge on any atom is 0.332 e. The molecule has 1 aromatic heterocycles. The van der Waals surface area contributed by atoms with Gasteiger partial charge >= 0.3 is 11.7 Å². The Morgan fingerprint density at radius 1 is 1.29 bits per heavy atom. The number of carboxylic acid groups (broad SMARTS) is 1. The van der Waals surface area contributed by atoms with Gasteiger partial charge in [-0.15, -0.1) is 0 Å². The smallest absolute Gasteiger partial charge is 0.332 e. The van der Waals surface area contributed by atoms with Crippen LogP contribution in [0.1, 0.15) is 12.5 Å². The van der Waals surface area contributed by atoms with Gasteiger partial charge < -0.3 is 14.8 Å². The van der Waals surface area contributed by atoms with Crippen molar-refractivity contribution >= 4 is 5.97 Å². The number of nitrogens with one attached hydrogen (secondary N) is 1. The lowest BCUT2D eigenvalue weighted by Gasteiger charge is -2.07. The normalized spacial score (nSPS) is 10.3. The van der Waals surface area contributed by atoms with Gasteiger partial charge in [-0.3, -0.25) is 9.59 Å². The first-order valence-corrected chi connectivity index (χ1v) is 6.31. The molecule has 2 N–H and O–H groups in total. The van der Waals surface area contributed by atoms with Crippen LogP contribution < -0.4 is 16.0 Å². The summed E-state index contributed by atoms with van der Waals surface area (Å²) in [5, 5.41) is 8.76. The van der Waals surface area contributed by atoms with Crippen LogP contribution >= 0.6 is 0 Å². The van der Waals surface area contributed by atoms with Gasteiger partial charge in [0.25, 0.3) is 5.56 Å². The van der Waals surface area contributed by atoms with Gasteiger partial charge in [0.05, 0.1) is 18.7 Å². The molecule has 21 heavy (non-hydrogen) atoms. The van der Waals surface area contributed by atoms with E-state index in [0.29, 0.717) is 18.0 Å². The average Bonchev–Trinajstić information content (AvgIpc) is 2.44. The van der Waals surface area contributed by atoms with Crippen molar-refractivity contribution < 1.29 is 14.6 Å². The number of hydrogen-bond acceptors (Lipinski definition) is 4. The number of ether oxygens (including phenoxy) is 1. The Bertz CT molecular complexity index is 758. The second kappa shape index (κ2) is 6.08. The molecular formula is C14H14N2O5. The highest BCUT2D eigenvalue weighted by atomic mass is 16.5. The summed E-state index contributed by atoms with van der Waals surface area (Å²) < 4.78 is 6.18. The lowest BCUT2D eigenvalue weighted by molar-refractivity contribution is -0.136. The summed E-state index contributed by atoms with van der Waals surface area (Å²) in [7, 11) is 0. The van der Waals surface area contributed by atoms with Gasteiger partial charge in [0, 0.05) is 11.8 Å². The standard InChI is InChI=1S/C14H14N2O5/c1-2-21-11-5-3-10(4-6-11)16-13(19)9(7-12(17)18)8-15-14(16)20/h3-6,8H,2,7H2,1H3,(H,15,20)(H,17,18). The van der Waals surface area contributed by atoms with E-state index in [1.165, 1.54) is 0 Å². The number of carbonyl (C=O) groups is 1. The lowest BCUT2D eigenvalue weighted by Crippen LogP contribution is -2.36. The van der Waals surface area contributed by atoms with Crippen LogP contribution in [0.5, 0.6) is 5.75 Å². The SMILES string of the molecule is CCOc1ccc(-n2c(=O)[nH]cc(CC(=O)O)c2=O)cc1. The van der Waals surface area contributed by atoms with Crippen molar-refractivity contribution in [3.63, 3.8) is 0 Å². The van der Waals surface area contributed by atoms with Crippen molar-refractivity contribution in [1.29, 1.82) is 0 Å². The van der Waals surface area contributed by atoms with Crippen molar-refractivity contribution in [2.45, 2.75) is 13.3 Å². The molecule has 0 radical (unpaired) electrons. The molecule has 7 nitrogen and oxygen atoms in total. The monoisotopic (exact) mass is 290 g/mol. The number of aliphatic carboxylic acids is 1. The van der Waals surface area contributed by atoms with Crippen molar-refractivity contribution in [1.82, 2.24) is 9.55 Å². The molecule has 0 saturated carbocycles. The fraction of sp³-hybridized carbons (Fsp3) is 0.214. The summed E-state index contributed by atoms with van der Waals surface area (Å²) in [6.07, 6.45) is 0.677. The topological polar surface area (TPSA) is 101 Å². The Hall–Kier alpha value is -2.83. The molecule has 0 saturated heterocycles. The molecule has 0 spiro atoms. The van der Waals surface area contributed by atoms with Crippen LogP contribution in [0.15, 0.2) is 40.1 Å². The van der Waals surface area contributed by atoms with Gasteiger partial charge in [-0.2, -0.15) is 0 Å². The van der Waals surface area contributed by atoms with E-state index < -0.39 is 23.6 Å². The molecule has 0 aliphatic rings. The number of carboxylic acids is 1. The number of benzene rings is 1. The summed E-state index contributed by atoms with van der Waals surface area (Å²) >= 11 is 0. The van der Waals surface area contributed by atoms with Gasteiger partial charge in [0.1, 0.15) is 5.75 Å². The largest absolute Gasteiger partial charge is 0.494 e. The molecule has 0 amide bonds. The maximum atomic E-state index is 12.2. The molecule has 1 aromatic carbocycles. The molecule has 0 bridgehead atoms. The van der Waals surface area contributed by atoms with E-state index in [2.05, 4.69) is 4.98 Å². The predicted octanol–water partition coefficient (Wildman–Crippen LogP) is 0.552. The Kier molecular flexibility index (Phi) is 4.22. The molecular weight excluding hydrogens is 276 g/mol. The quantitative estimate of drug-likeness (QED) is 0.837. The molecule has 7 heteroatoms. The number of rotatable bonds is 5. The Morgan fingerprint density at radius 3 is 2.52 bits per heavy atom. The predicted molar refractivity (Wildman–Crippen MR) is 75.2 cm³/mol. The number of hydrogen-bond donors (Lipinski definition) is 2. The number of H-pyrrole nitrogens is 1. The van der Waals surface area contributed by atoms with Crippen LogP contribution in [0, 0.1) is 0 Å². The summed E-state index contributed by atoms with van der Waals surface area (Å²) in [6.45, 7) is 2.35. The summed E-state index contributed by atoms with van der Waals surface area (Å²) in [5.41, 5.74) is -0.920. The van der Waals surface area contributed by atoms with Crippen molar-refractivity contribution in [2.75, 3.05) is 6.61 Å². The molecule has 0 fully saturated rings. The number of nitrogens with zero attached hydrogens (tertiary/aromatic N) is 1. The Morgan fingerprint density at radius 2 is 1.95 bits per heavy atom. The fourth-order valence-corrected chi connectivity index (χ4v) is 1.89. The molecule has 0 aliphatic heterocycles. The first-order valence-electron chi connectivity index (χ1n) is 6.31. The van der Waals surface area contributed by atoms with E-state index in [4.69, 9.17) is 9.84 Å². The van der Waals surface area contributed by atoms with Crippen molar-refractivity contribution in [3.05, 3.63) is 56.9 Å². The lowest BCUT2D eigenvalue weighted by atomic mass is 10.2. The van der Waals surface area contributed by atoms with Crippen LogP contribution in [0.4, 0.5) is 0 Å². The summed E-state index contributed by atoms with van der Waals surface area (Å²) in [5.74, 6) is -0.523. The third-order valence-electron chi connectivity index (χ3n) is 2.80. The fourth-order valence-electron chi connectivity index (χ4n) is 1.89. The second-order valence-electron chi connectivity index (χ2n) is 4.26. The third-order valence-corrected chi connectivity index (χ3v) is 2.80. The average molecular weight is 290 g/mol. The molecule has 110 valence electrons. The van der Waals surface area contributed by atoms with Gasteiger partial charge in [-0.1, -0.05) is 0 Å². The molecule has 0 unspecified atom stereocenters. The Labute approximate surface area is 119 Å². The van der Waals surface area contributed by atoms with E-state index in [-0.39, 0.29) is 5.56 Å². The van der Waals surface area contributed by atoms with Crippen LogP contribution in [0.3, 0.4) is 0 Å². The van der Waals surface area contributed by atoms with Gasteiger partial charge in [0.2, 0.25) is 0 Å². The van der Waals surface area contributed by atoms with Crippen molar-refractivity contribution in [3.8, 4) is 11.4 Å². The highest BCUT2D eigenvalue weighted by Crippen LogP contribution is 2.13. The third kappa shape index (κ3) is 3.19. The number of aromatic amines is 1. The van der Waals surface area contributed by atoms with E-state index >= 15 is 0 Å². The first kappa shape index (κ1) is 14.6. The molecule has 0 atom stereocenters. The van der Waals surface area contributed by atoms with Gasteiger partial charge in [0.15, 0.2) is 0 Å². The zero-order valence-corrected chi connectivity index (χ0v) is 11.3. The molecule has 1 heterocycles. The number of aromatic nitrogens is 2. The highest BCUT2D eigenvalue weighted by molar-refractivity contribution is 5.69. The molecule has 2 aromatic rings. The molecule has 2 rings (SSSR count). The second-order valence-corrected chi connectivity index (χ2v) is 4.26. The van der Waals surface area contributed by atoms with Crippen LogP contribution in [-0.2, 0) is 11.2 Å². The zero-order valence-electron chi connectivity index (χ0n) is 11.3. The van der Waals surface area contributed by atoms with E-state index in [1.807, 2.05) is 6.92 Å². The van der Waals surface area contributed by atoms with Crippen LogP contribution in [-0.4, -0.2) is 27.2 Å². The van der Waals surface area contributed by atoms with E-state index in [0.717, 1.165) is 10.8 Å². The van der Waals surface area contributed by atoms with Crippen LogP contribution in [0.25, 0.3) is 5.69 Å². The summed E-state index contributed by atoms with van der Waals surface area (Å²) in [6, 6.07) is 6.39. The van der Waals surface area contributed by atoms with Crippen LogP contribution in [0.2, 0.25) is 0 Å². The molecule has 0 aliphatic carbocycles. The minimum Gasteiger partial charge on any atom is -0.494 e. The van der Waals surface area contributed by atoms with Gasteiger partial charge in [-0.25, -0.2) is 9.36 Å². The highest BCUT2D eigenvalue weighted by Gasteiger charge is 2.12. The first-order chi connectivity index (χ1) is 10.0.